The van der Waals surface area contributed by atoms with E-state index in [9.17, 15) is 14.7 Å². The highest BCUT2D eigenvalue weighted by Crippen LogP contribution is 2.16. The molecule has 4 N–H and O–H groups in total. The van der Waals surface area contributed by atoms with Crippen molar-refractivity contribution in [2.24, 2.45) is 11.7 Å². The van der Waals surface area contributed by atoms with Crippen LogP contribution in [0.15, 0.2) is 24.3 Å². The van der Waals surface area contributed by atoms with Crippen molar-refractivity contribution in [3.05, 3.63) is 29.8 Å². The third-order valence-electron chi connectivity index (χ3n) is 2.79. The highest BCUT2D eigenvalue weighted by atomic mass is 16.5. The van der Waals surface area contributed by atoms with Crippen LogP contribution in [-0.2, 0) is 4.79 Å². The molecule has 1 rings (SSSR count). The minimum Gasteiger partial charge on any atom is -0.483 e. The smallest absolute Gasteiger partial charge is 0.258 e. The van der Waals surface area contributed by atoms with Crippen LogP contribution in [0.25, 0.3) is 0 Å². The molecule has 0 fully saturated rings. The lowest BCUT2D eigenvalue weighted by molar-refractivity contribution is -0.123. The number of aliphatic hydroxyl groups excluding tert-OH is 1. The summed E-state index contributed by atoms with van der Waals surface area (Å²) in [4.78, 5) is 22.8. The van der Waals surface area contributed by atoms with E-state index in [0.29, 0.717) is 12.3 Å². The zero-order valence-corrected chi connectivity index (χ0v) is 12.3. The van der Waals surface area contributed by atoms with Gasteiger partial charge in [0.2, 0.25) is 0 Å². The minimum absolute atomic E-state index is 0.178. The summed E-state index contributed by atoms with van der Waals surface area (Å²) in [5.74, 6) is -0.353. The largest absolute Gasteiger partial charge is 0.483 e. The molecule has 1 aromatic rings. The molecule has 0 aliphatic heterocycles. The molecule has 0 radical (unpaired) electrons. The van der Waals surface area contributed by atoms with E-state index in [0.717, 1.165) is 0 Å². The normalized spacial score (nSPS) is 12.0. The Bertz CT molecular complexity index is 488. The summed E-state index contributed by atoms with van der Waals surface area (Å²) in [7, 11) is 0. The first-order chi connectivity index (χ1) is 9.90. The zero-order valence-electron chi connectivity index (χ0n) is 12.3. The van der Waals surface area contributed by atoms with Crippen molar-refractivity contribution in [3.8, 4) is 5.75 Å². The summed E-state index contributed by atoms with van der Waals surface area (Å²) >= 11 is 0. The van der Waals surface area contributed by atoms with Crippen LogP contribution in [-0.4, -0.2) is 36.2 Å². The average molecular weight is 294 g/mol. The molecule has 6 nitrogen and oxygen atoms in total. The molecular weight excluding hydrogens is 272 g/mol. The lowest BCUT2D eigenvalue weighted by Crippen LogP contribution is -2.35. The second kappa shape index (κ2) is 8.26. The van der Waals surface area contributed by atoms with Crippen molar-refractivity contribution in [2.45, 2.75) is 26.4 Å². The summed E-state index contributed by atoms with van der Waals surface area (Å²) in [6.07, 6.45) is 0.0397. The van der Waals surface area contributed by atoms with Gasteiger partial charge in [0.05, 0.1) is 11.7 Å². The third kappa shape index (κ3) is 6.27. The van der Waals surface area contributed by atoms with E-state index in [2.05, 4.69) is 5.32 Å². The van der Waals surface area contributed by atoms with Crippen LogP contribution in [0.3, 0.4) is 0 Å². The van der Waals surface area contributed by atoms with E-state index >= 15 is 0 Å². The molecule has 0 saturated heterocycles. The van der Waals surface area contributed by atoms with Gasteiger partial charge in [0, 0.05) is 6.54 Å². The van der Waals surface area contributed by atoms with E-state index in [1.807, 2.05) is 13.8 Å². The van der Waals surface area contributed by atoms with Crippen molar-refractivity contribution in [2.75, 3.05) is 13.2 Å². The number of benzene rings is 1. The van der Waals surface area contributed by atoms with Crippen LogP contribution >= 0.6 is 0 Å². The number of amides is 2. The maximum absolute atomic E-state index is 11.6. The summed E-state index contributed by atoms with van der Waals surface area (Å²) in [6.45, 7) is 3.93. The van der Waals surface area contributed by atoms with E-state index in [-0.39, 0.29) is 30.4 Å². The van der Waals surface area contributed by atoms with Crippen LogP contribution < -0.4 is 15.8 Å². The van der Waals surface area contributed by atoms with Crippen LogP contribution in [0.5, 0.6) is 5.75 Å². The minimum atomic E-state index is -0.613. The molecule has 0 saturated carbocycles. The maximum atomic E-state index is 11.6. The second-order valence-corrected chi connectivity index (χ2v) is 5.24. The summed E-state index contributed by atoms with van der Waals surface area (Å²) in [5.41, 5.74) is 5.44. The average Bonchev–Trinajstić information content (AvgIpc) is 2.42. The molecule has 0 heterocycles. The predicted molar refractivity (Wildman–Crippen MR) is 78.9 cm³/mol. The number of ether oxygens (including phenoxy) is 1. The number of hydrogen-bond acceptors (Lipinski definition) is 4. The Morgan fingerprint density at radius 3 is 2.62 bits per heavy atom. The Kier molecular flexibility index (Phi) is 6.68. The first-order valence-electron chi connectivity index (χ1n) is 6.86. The molecule has 2 amide bonds. The molecule has 1 unspecified atom stereocenters. The fourth-order valence-corrected chi connectivity index (χ4v) is 1.85. The third-order valence-corrected chi connectivity index (χ3v) is 2.79. The Balaban J connectivity index is 2.42. The van der Waals surface area contributed by atoms with Crippen LogP contribution in [0.1, 0.15) is 30.6 Å². The summed E-state index contributed by atoms with van der Waals surface area (Å²) in [6, 6.07) is 6.45. The molecular formula is C15H22N2O4. The number of primary amides is 1. The highest BCUT2D eigenvalue weighted by Gasteiger charge is 2.12. The Morgan fingerprint density at radius 1 is 1.33 bits per heavy atom. The number of carbonyl (C=O) groups is 2. The van der Waals surface area contributed by atoms with Gasteiger partial charge in [0.15, 0.2) is 6.61 Å². The van der Waals surface area contributed by atoms with Gasteiger partial charge in [0.1, 0.15) is 5.75 Å². The SMILES string of the molecule is CC(C)CC(O)CNC(=O)COc1ccccc1C(N)=O. The van der Waals surface area contributed by atoms with Gasteiger partial charge in [-0.2, -0.15) is 0 Å². The zero-order chi connectivity index (χ0) is 15.8. The lowest BCUT2D eigenvalue weighted by atomic mass is 10.1. The van der Waals surface area contributed by atoms with Crippen LogP contribution in [0.4, 0.5) is 0 Å². The number of carbonyl (C=O) groups excluding carboxylic acids is 2. The number of nitrogens with one attached hydrogen (secondary N) is 1. The number of nitrogens with two attached hydrogens (primary N) is 1. The fourth-order valence-electron chi connectivity index (χ4n) is 1.85. The topological polar surface area (TPSA) is 102 Å². The first-order valence-corrected chi connectivity index (χ1v) is 6.86. The van der Waals surface area contributed by atoms with Crippen molar-refractivity contribution in [1.29, 1.82) is 0 Å². The quantitative estimate of drug-likeness (QED) is 0.656. The molecule has 21 heavy (non-hydrogen) atoms. The summed E-state index contributed by atoms with van der Waals surface area (Å²) < 4.78 is 5.28. The predicted octanol–water partition coefficient (Wildman–Crippen LogP) is 0.688. The molecule has 6 heteroatoms. The van der Waals surface area contributed by atoms with Gasteiger partial charge in [0.25, 0.3) is 11.8 Å². The Morgan fingerprint density at radius 2 is 2.00 bits per heavy atom. The fraction of sp³-hybridized carbons (Fsp3) is 0.467. The number of rotatable bonds is 8. The van der Waals surface area contributed by atoms with Gasteiger partial charge in [-0.1, -0.05) is 26.0 Å². The van der Waals surface area contributed by atoms with Gasteiger partial charge in [-0.15, -0.1) is 0 Å². The summed E-state index contributed by atoms with van der Waals surface area (Å²) in [5, 5.41) is 12.2. The molecule has 0 aromatic heterocycles. The van der Waals surface area contributed by atoms with Crippen molar-refractivity contribution < 1.29 is 19.4 Å². The molecule has 0 aliphatic carbocycles. The van der Waals surface area contributed by atoms with Crippen molar-refractivity contribution in [3.63, 3.8) is 0 Å². The number of para-hydroxylation sites is 1. The lowest BCUT2D eigenvalue weighted by Gasteiger charge is -2.14. The van der Waals surface area contributed by atoms with E-state index in [1.165, 1.54) is 6.07 Å². The second-order valence-electron chi connectivity index (χ2n) is 5.24. The number of hydrogen-bond donors (Lipinski definition) is 3. The van der Waals surface area contributed by atoms with Gasteiger partial charge in [-0.05, 0) is 24.5 Å². The van der Waals surface area contributed by atoms with Crippen molar-refractivity contribution >= 4 is 11.8 Å². The molecule has 1 aromatic carbocycles. The van der Waals surface area contributed by atoms with Gasteiger partial charge in [-0.3, -0.25) is 9.59 Å². The first kappa shape index (κ1) is 17.0. The van der Waals surface area contributed by atoms with Crippen LogP contribution in [0, 0.1) is 5.92 Å². The Hall–Kier alpha value is -2.08. The van der Waals surface area contributed by atoms with Gasteiger partial charge in [-0.25, -0.2) is 0 Å². The van der Waals surface area contributed by atoms with Gasteiger partial charge >= 0.3 is 0 Å². The molecule has 0 bridgehead atoms. The van der Waals surface area contributed by atoms with E-state index in [1.54, 1.807) is 18.2 Å². The monoisotopic (exact) mass is 294 g/mol. The highest BCUT2D eigenvalue weighted by molar-refractivity contribution is 5.95. The Labute approximate surface area is 124 Å². The van der Waals surface area contributed by atoms with Gasteiger partial charge < -0.3 is 20.9 Å². The molecule has 1 atom stereocenters. The molecule has 0 spiro atoms. The molecule has 0 aliphatic rings. The molecule has 116 valence electrons. The standard InChI is InChI=1S/C15H22N2O4/c1-10(2)7-11(18)8-17-14(19)9-21-13-6-4-3-5-12(13)15(16)20/h3-6,10-11,18H,7-9H2,1-2H3,(H2,16,20)(H,17,19). The van der Waals surface area contributed by atoms with Crippen LogP contribution in [0.2, 0.25) is 0 Å². The van der Waals surface area contributed by atoms with E-state index < -0.39 is 12.0 Å². The van der Waals surface area contributed by atoms with Crippen molar-refractivity contribution in [1.82, 2.24) is 5.32 Å². The number of aliphatic hydroxyl groups is 1. The maximum Gasteiger partial charge on any atom is 0.258 e. The van der Waals surface area contributed by atoms with E-state index in [4.69, 9.17) is 10.5 Å².